The van der Waals surface area contributed by atoms with E-state index in [1.807, 2.05) is 0 Å². The van der Waals surface area contributed by atoms with E-state index in [1.54, 1.807) is 35.7 Å². The number of rotatable bonds is 4. The van der Waals surface area contributed by atoms with E-state index in [9.17, 15) is 13.2 Å². The number of carbonyl (C=O) groups is 1. The van der Waals surface area contributed by atoms with Crippen LogP contribution in [0.1, 0.15) is 12.8 Å². The van der Waals surface area contributed by atoms with Gasteiger partial charge in [0.25, 0.3) is 10.0 Å². The van der Waals surface area contributed by atoms with Crippen molar-refractivity contribution in [1.29, 1.82) is 0 Å². The monoisotopic (exact) mass is 404 g/mol. The molecule has 0 unspecified atom stereocenters. The molecule has 1 fully saturated rings. The molecule has 5 nitrogen and oxygen atoms in total. The Morgan fingerprint density at radius 2 is 1.96 bits per heavy atom. The first-order chi connectivity index (χ1) is 11.4. The number of carbonyl (C=O) groups excluding carboxylic acids is 1. The topological polar surface area (TPSA) is 66.5 Å². The zero-order valence-corrected chi connectivity index (χ0v) is 15.6. The summed E-state index contributed by atoms with van der Waals surface area (Å²) >= 11 is 13.0. The van der Waals surface area contributed by atoms with Crippen molar-refractivity contribution < 1.29 is 13.2 Å². The molecule has 9 heteroatoms. The average Bonchev–Trinajstić information content (AvgIpc) is 3.18. The van der Waals surface area contributed by atoms with Gasteiger partial charge in [-0.15, -0.1) is 11.3 Å². The van der Waals surface area contributed by atoms with Crippen molar-refractivity contribution in [2.24, 2.45) is 0 Å². The maximum Gasteiger partial charge on any atom is 0.253 e. The first-order valence-corrected chi connectivity index (χ1v) is 10.3. The van der Waals surface area contributed by atoms with Crippen LogP contribution in [0.15, 0.2) is 39.9 Å². The number of hydrogen-bond donors (Lipinski definition) is 1. The third-order valence-corrected chi connectivity index (χ3v) is 7.41. The molecule has 1 amide bonds. The fourth-order valence-corrected chi connectivity index (χ4v) is 5.97. The smallest absolute Gasteiger partial charge is 0.253 e. The van der Waals surface area contributed by atoms with Crippen LogP contribution in [0.5, 0.6) is 0 Å². The zero-order chi connectivity index (χ0) is 17.3. The molecule has 24 heavy (non-hydrogen) atoms. The van der Waals surface area contributed by atoms with Crippen molar-refractivity contribution in [3.8, 4) is 0 Å². The van der Waals surface area contributed by atoms with E-state index in [0.29, 0.717) is 35.1 Å². The summed E-state index contributed by atoms with van der Waals surface area (Å²) in [5.74, 6) is -0.383. The highest BCUT2D eigenvalue weighted by atomic mass is 35.5. The minimum Gasteiger partial charge on any atom is -0.325 e. The number of benzene rings is 1. The van der Waals surface area contributed by atoms with Crippen LogP contribution in [0.3, 0.4) is 0 Å². The van der Waals surface area contributed by atoms with E-state index in [1.165, 1.54) is 4.31 Å². The molecule has 3 rings (SSSR count). The highest BCUT2D eigenvalue weighted by Crippen LogP contribution is 2.30. The third kappa shape index (κ3) is 3.60. The quantitative estimate of drug-likeness (QED) is 0.841. The number of thiophene rings is 1. The van der Waals surface area contributed by atoms with Gasteiger partial charge in [-0.05, 0) is 42.5 Å². The molecule has 0 spiro atoms. The molecule has 128 valence electrons. The Hall–Kier alpha value is -1.12. The van der Waals surface area contributed by atoms with Crippen molar-refractivity contribution in [2.45, 2.75) is 23.1 Å². The Morgan fingerprint density at radius 1 is 1.25 bits per heavy atom. The van der Waals surface area contributed by atoms with Gasteiger partial charge in [0, 0.05) is 22.3 Å². The second-order valence-electron chi connectivity index (χ2n) is 5.35. The number of nitrogens with zero attached hydrogens (tertiary/aromatic N) is 1. The number of amides is 1. The number of nitrogens with one attached hydrogen (secondary N) is 1. The lowest BCUT2D eigenvalue weighted by atomic mass is 10.2. The van der Waals surface area contributed by atoms with Gasteiger partial charge in [0.05, 0.1) is 0 Å². The summed E-state index contributed by atoms with van der Waals surface area (Å²) in [7, 11) is -3.66. The number of hydrogen-bond acceptors (Lipinski definition) is 4. The van der Waals surface area contributed by atoms with Crippen molar-refractivity contribution in [2.75, 3.05) is 11.9 Å². The van der Waals surface area contributed by atoms with Gasteiger partial charge in [-0.1, -0.05) is 29.3 Å². The zero-order valence-electron chi connectivity index (χ0n) is 12.4. The molecule has 0 aliphatic carbocycles. The van der Waals surface area contributed by atoms with Gasteiger partial charge in [0.1, 0.15) is 10.3 Å². The molecule has 0 saturated carbocycles. The van der Waals surface area contributed by atoms with Crippen LogP contribution in [0.4, 0.5) is 5.69 Å². The van der Waals surface area contributed by atoms with Crippen LogP contribution in [0.25, 0.3) is 0 Å². The maximum atomic E-state index is 12.7. The van der Waals surface area contributed by atoms with Gasteiger partial charge >= 0.3 is 0 Å². The molecular weight excluding hydrogens is 391 g/mol. The Kier molecular flexibility index (Phi) is 5.17. The van der Waals surface area contributed by atoms with Gasteiger partial charge in [-0.25, -0.2) is 8.42 Å². The average molecular weight is 405 g/mol. The summed E-state index contributed by atoms with van der Waals surface area (Å²) in [5.41, 5.74) is 0.442. The first kappa shape index (κ1) is 17.7. The summed E-state index contributed by atoms with van der Waals surface area (Å²) in [6.07, 6.45) is 1.11. The second kappa shape index (κ2) is 7.01. The van der Waals surface area contributed by atoms with Gasteiger partial charge < -0.3 is 5.32 Å². The highest BCUT2D eigenvalue weighted by molar-refractivity contribution is 7.91. The number of sulfonamides is 1. The summed E-state index contributed by atoms with van der Waals surface area (Å²) in [4.78, 5) is 12.6. The molecular formula is C15H14Cl2N2O3S2. The van der Waals surface area contributed by atoms with Gasteiger partial charge in [-0.2, -0.15) is 4.31 Å². The highest BCUT2D eigenvalue weighted by Gasteiger charge is 2.39. The Labute approximate surface area is 154 Å². The van der Waals surface area contributed by atoms with Crippen molar-refractivity contribution >= 4 is 56.2 Å². The van der Waals surface area contributed by atoms with Crippen LogP contribution in [-0.2, 0) is 14.8 Å². The van der Waals surface area contributed by atoms with Crippen molar-refractivity contribution in [1.82, 2.24) is 4.31 Å². The van der Waals surface area contributed by atoms with Gasteiger partial charge in [0.2, 0.25) is 5.91 Å². The molecule has 1 atom stereocenters. The van der Waals surface area contributed by atoms with Crippen LogP contribution < -0.4 is 5.32 Å². The van der Waals surface area contributed by atoms with Gasteiger partial charge in [0.15, 0.2) is 0 Å². The molecule has 1 aliphatic heterocycles. The molecule has 1 aliphatic rings. The summed E-state index contributed by atoms with van der Waals surface area (Å²) in [5, 5.41) is 5.19. The summed E-state index contributed by atoms with van der Waals surface area (Å²) in [6.45, 7) is 0.328. The SMILES string of the molecule is O=C(Nc1cc(Cl)cc(Cl)c1)[C@H]1CCCN1S(=O)(=O)c1cccs1. The lowest BCUT2D eigenvalue weighted by Gasteiger charge is -2.22. The van der Waals surface area contributed by atoms with Crippen molar-refractivity contribution in [3.63, 3.8) is 0 Å². The summed E-state index contributed by atoms with van der Waals surface area (Å²) < 4.78 is 26.9. The predicted molar refractivity (Wildman–Crippen MR) is 96.3 cm³/mol. The van der Waals surface area contributed by atoms with E-state index >= 15 is 0 Å². The minimum absolute atomic E-state index is 0.244. The fraction of sp³-hybridized carbons (Fsp3) is 0.267. The maximum absolute atomic E-state index is 12.7. The van der Waals surface area contributed by atoms with E-state index in [0.717, 1.165) is 11.3 Å². The van der Waals surface area contributed by atoms with E-state index in [4.69, 9.17) is 23.2 Å². The van der Waals surface area contributed by atoms with Crippen LogP contribution in [-0.4, -0.2) is 31.2 Å². The normalized spacial score (nSPS) is 18.7. The molecule has 1 N–H and O–H groups in total. The molecule has 1 aromatic carbocycles. The lowest BCUT2D eigenvalue weighted by Crippen LogP contribution is -2.42. The molecule has 1 aromatic heterocycles. The molecule has 1 saturated heterocycles. The standard InChI is InChI=1S/C15H14Cl2N2O3S2/c16-10-7-11(17)9-12(8-10)18-15(20)13-3-1-5-19(13)24(21,22)14-4-2-6-23-14/h2,4,6-9,13H,1,3,5H2,(H,18,20)/t13-/m1/s1. The summed E-state index contributed by atoms with van der Waals surface area (Å²) in [6, 6.07) is 7.18. The van der Waals surface area contributed by atoms with E-state index < -0.39 is 16.1 Å². The second-order valence-corrected chi connectivity index (χ2v) is 9.29. The number of anilines is 1. The Bertz CT molecular complexity index is 833. The van der Waals surface area contributed by atoms with Crippen LogP contribution in [0, 0.1) is 0 Å². The Morgan fingerprint density at radius 3 is 2.58 bits per heavy atom. The number of halogens is 2. The molecule has 0 radical (unpaired) electrons. The molecule has 0 bridgehead atoms. The van der Waals surface area contributed by atoms with Gasteiger partial charge in [-0.3, -0.25) is 4.79 Å². The van der Waals surface area contributed by atoms with E-state index in [-0.39, 0.29) is 10.1 Å². The van der Waals surface area contributed by atoms with Crippen molar-refractivity contribution in [3.05, 3.63) is 45.8 Å². The molecule has 2 heterocycles. The van der Waals surface area contributed by atoms with Crippen LogP contribution >= 0.6 is 34.5 Å². The lowest BCUT2D eigenvalue weighted by molar-refractivity contribution is -0.119. The largest absolute Gasteiger partial charge is 0.325 e. The molecule has 2 aromatic rings. The van der Waals surface area contributed by atoms with E-state index in [2.05, 4.69) is 5.32 Å². The van der Waals surface area contributed by atoms with Crippen LogP contribution in [0.2, 0.25) is 10.0 Å². The minimum atomic E-state index is -3.66. The first-order valence-electron chi connectivity index (χ1n) is 7.20. The third-order valence-electron chi connectivity index (χ3n) is 3.69. The predicted octanol–water partition coefficient (Wildman–Crippen LogP) is 3.85. The fourth-order valence-electron chi connectivity index (χ4n) is 2.67. The Balaban J connectivity index is 1.81.